The third kappa shape index (κ3) is 3.89. The van der Waals surface area contributed by atoms with Crippen LogP contribution < -0.4 is 10.1 Å². The number of halogens is 1. The zero-order valence-electron chi connectivity index (χ0n) is 14.8. The van der Waals surface area contributed by atoms with Crippen molar-refractivity contribution in [3.63, 3.8) is 0 Å². The molecule has 1 aliphatic carbocycles. The first-order valence-corrected chi connectivity index (χ1v) is 9.14. The molecule has 1 aromatic carbocycles. The lowest BCUT2D eigenvalue weighted by Gasteiger charge is -2.13. The summed E-state index contributed by atoms with van der Waals surface area (Å²) in [6.07, 6.45) is 7.88. The average molecular weight is 365 g/mol. The number of pyridine rings is 2. The molecule has 0 spiro atoms. The number of carbonyl (C=O) groups excluding carboxylic acids is 1. The molecule has 1 aliphatic rings. The second-order valence-corrected chi connectivity index (χ2v) is 6.80. The largest absolute Gasteiger partial charge is 0.477 e. The van der Waals surface area contributed by atoms with E-state index in [0.29, 0.717) is 34.9 Å². The zero-order chi connectivity index (χ0) is 18.6. The molecule has 138 valence electrons. The lowest BCUT2D eigenvalue weighted by molar-refractivity contribution is 0.102. The maximum atomic E-state index is 14.8. The SMILES string of the molecule is O=C(Nc1cc(F)c2c(OCC3CCCC3)nccc2c1)c1ccccn1. The van der Waals surface area contributed by atoms with Crippen molar-refractivity contribution in [1.29, 1.82) is 0 Å². The molecule has 5 nitrogen and oxygen atoms in total. The molecule has 0 saturated heterocycles. The number of hydrogen-bond acceptors (Lipinski definition) is 4. The maximum Gasteiger partial charge on any atom is 0.274 e. The van der Waals surface area contributed by atoms with Gasteiger partial charge in [0.15, 0.2) is 0 Å². The highest BCUT2D eigenvalue weighted by atomic mass is 19.1. The fourth-order valence-corrected chi connectivity index (χ4v) is 3.48. The number of anilines is 1. The Bertz CT molecular complexity index is 956. The van der Waals surface area contributed by atoms with Crippen molar-refractivity contribution in [3.8, 4) is 5.88 Å². The zero-order valence-corrected chi connectivity index (χ0v) is 14.8. The van der Waals surface area contributed by atoms with Gasteiger partial charge in [-0.2, -0.15) is 0 Å². The van der Waals surface area contributed by atoms with Gasteiger partial charge in [0.25, 0.3) is 5.91 Å². The van der Waals surface area contributed by atoms with Gasteiger partial charge >= 0.3 is 0 Å². The van der Waals surface area contributed by atoms with E-state index in [-0.39, 0.29) is 11.6 Å². The van der Waals surface area contributed by atoms with Gasteiger partial charge in [0, 0.05) is 18.1 Å². The van der Waals surface area contributed by atoms with Crippen molar-refractivity contribution in [3.05, 3.63) is 60.3 Å². The van der Waals surface area contributed by atoms with E-state index in [1.165, 1.54) is 25.1 Å². The molecular weight excluding hydrogens is 345 g/mol. The van der Waals surface area contributed by atoms with E-state index in [0.717, 1.165) is 12.8 Å². The predicted octanol–water partition coefficient (Wildman–Crippen LogP) is 4.59. The Morgan fingerprint density at radius 2 is 2.00 bits per heavy atom. The summed E-state index contributed by atoms with van der Waals surface area (Å²) in [5.74, 6) is -0.0407. The van der Waals surface area contributed by atoms with Crippen LogP contribution >= 0.6 is 0 Å². The van der Waals surface area contributed by atoms with Gasteiger partial charge < -0.3 is 10.1 Å². The summed E-state index contributed by atoms with van der Waals surface area (Å²) in [7, 11) is 0. The highest BCUT2D eigenvalue weighted by Crippen LogP contribution is 2.31. The molecule has 4 rings (SSSR count). The topological polar surface area (TPSA) is 64.1 Å². The summed E-state index contributed by atoms with van der Waals surface area (Å²) in [5.41, 5.74) is 0.636. The van der Waals surface area contributed by atoms with E-state index in [9.17, 15) is 9.18 Å². The normalized spacial score (nSPS) is 14.4. The Morgan fingerprint density at radius 1 is 1.15 bits per heavy atom. The van der Waals surface area contributed by atoms with Crippen molar-refractivity contribution < 1.29 is 13.9 Å². The Hall–Kier alpha value is -3.02. The molecule has 0 bridgehead atoms. The molecule has 2 heterocycles. The molecule has 1 N–H and O–H groups in total. The van der Waals surface area contributed by atoms with Crippen LogP contribution in [0.3, 0.4) is 0 Å². The van der Waals surface area contributed by atoms with Gasteiger partial charge in [0.1, 0.15) is 11.5 Å². The van der Waals surface area contributed by atoms with Gasteiger partial charge in [-0.3, -0.25) is 9.78 Å². The van der Waals surface area contributed by atoms with Crippen molar-refractivity contribution in [1.82, 2.24) is 9.97 Å². The number of ether oxygens (including phenoxy) is 1. The summed E-state index contributed by atoms with van der Waals surface area (Å²) in [4.78, 5) is 20.5. The second-order valence-electron chi connectivity index (χ2n) is 6.80. The Kier molecular flexibility index (Phi) is 4.96. The van der Waals surface area contributed by atoms with E-state index < -0.39 is 5.82 Å². The van der Waals surface area contributed by atoms with Crippen molar-refractivity contribution in [2.24, 2.45) is 5.92 Å². The van der Waals surface area contributed by atoms with Crippen LogP contribution in [0, 0.1) is 11.7 Å². The number of carbonyl (C=O) groups is 1. The molecule has 0 aliphatic heterocycles. The number of nitrogens with one attached hydrogen (secondary N) is 1. The lowest BCUT2D eigenvalue weighted by Crippen LogP contribution is -2.13. The quantitative estimate of drug-likeness (QED) is 0.718. The fourth-order valence-electron chi connectivity index (χ4n) is 3.48. The second kappa shape index (κ2) is 7.70. The monoisotopic (exact) mass is 365 g/mol. The highest BCUT2D eigenvalue weighted by Gasteiger charge is 2.18. The minimum Gasteiger partial charge on any atom is -0.477 e. The van der Waals surface area contributed by atoms with Gasteiger partial charge in [0.05, 0.1) is 12.0 Å². The number of amides is 1. The number of fused-ring (bicyclic) bond motifs is 1. The maximum absolute atomic E-state index is 14.8. The molecule has 0 unspecified atom stereocenters. The number of rotatable bonds is 5. The molecule has 3 aromatic rings. The Morgan fingerprint density at radius 3 is 2.78 bits per heavy atom. The average Bonchev–Trinajstić information content (AvgIpc) is 3.20. The van der Waals surface area contributed by atoms with Crippen LogP contribution in [0.5, 0.6) is 5.88 Å². The Balaban J connectivity index is 1.57. The van der Waals surface area contributed by atoms with Crippen LogP contribution in [0.15, 0.2) is 48.8 Å². The molecule has 0 atom stereocenters. The lowest BCUT2D eigenvalue weighted by atomic mass is 10.1. The smallest absolute Gasteiger partial charge is 0.274 e. The molecular formula is C21H20FN3O2. The number of nitrogens with zero attached hydrogens (tertiary/aromatic N) is 2. The fraction of sp³-hybridized carbons (Fsp3) is 0.286. The van der Waals surface area contributed by atoms with E-state index in [4.69, 9.17) is 4.74 Å². The summed E-state index contributed by atoms with van der Waals surface area (Å²) >= 11 is 0. The van der Waals surface area contributed by atoms with Gasteiger partial charge in [-0.05, 0) is 54.5 Å². The van der Waals surface area contributed by atoms with E-state index >= 15 is 0 Å². The molecule has 1 saturated carbocycles. The molecule has 0 radical (unpaired) electrons. The third-order valence-corrected chi connectivity index (χ3v) is 4.87. The van der Waals surface area contributed by atoms with Crippen LogP contribution in [0.25, 0.3) is 10.8 Å². The molecule has 6 heteroatoms. The Labute approximate surface area is 156 Å². The van der Waals surface area contributed by atoms with Gasteiger partial charge in [-0.15, -0.1) is 0 Å². The third-order valence-electron chi connectivity index (χ3n) is 4.87. The highest BCUT2D eigenvalue weighted by molar-refractivity contribution is 6.04. The minimum absolute atomic E-state index is 0.272. The first-order chi connectivity index (χ1) is 13.2. The van der Waals surface area contributed by atoms with Crippen LogP contribution in [-0.2, 0) is 0 Å². The summed E-state index contributed by atoms with van der Waals surface area (Å²) in [5, 5.41) is 3.65. The van der Waals surface area contributed by atoms with Crippen LogP contribution in [0.1, 0.15) is 36.2 Å². The standard InChI is InChI=1S/C21H20FN3O2/c22-17-12-16(25-20(26)18-7-3-4-9-23-18)11-15-8-10-24-21(19(15)17)27-13-14-5-1-2-6-14/h3-4,7-12,14H,1-2,5-6,13H2,(H,25,26). The summed E-state index contributed by atoms with van der Waals surface area (Å²) in [6, 6.07) is 9.76. The van der Waals surface area contributed by atoms with Crippen molar-refractivity contribution in [2.75, 3.05) is 11.9 Å². The van der Waals surface area contributed by atoms with Gasteiger partial charge in [-0.1, -0.05) is 18.9 Å². The van der Waals surface area contributed by atoms with Crippen LogP contribution in [0.2, 0.25) is 0 Å². The molecule has 1 fully saturated rings. The van der Waals surface area contributed by atoms with Crippen molar-refractivity contribution in [2.45, 2.75) is 25.7 Å². The van der Waals surface area contributed by atoms with Crippen molar-refractivity contribution >= 4 is 22.4 Å². The first-order valence-electron chi connectivity index (χ1n) is 9.14. The van der Waals surface area contributed by atoms with E-state index in [1.807, 2.05) is 0 Å². The van der Waals surface area contributed by atoms with Gasteiger partial charge in [0.2, 0.25) is 5.88 Å². The van der Waals surface area contributed by atoms with E-state index in [1.54, 1.807) is 36.5 Å². The van der Waals surface area contributed by atoms with E-state index in [2.05, 4.69) is 15.3 Å². The summed E-state index contributed by atoms with van der Waals surface area (Å²) in [6.45, 7) is 0.559. The minimum atomic E-state index is -0.474. The molecule has 2 aromatic heterocycles. The van der Waals surface area contributed by atoms with Gasteiger partial charge in [-0.25, -0.2) is 9.37 Å². The predicted molar refractivity (Wildman–Crippen MR) is 101 cm³/mol. The number of aromatic nitrogens is 2. The first kappa shape index (κ1) is 17.4. The number of hydrogen-bond donors (Lipinski definition) is 1. The number of benzene rings is 1. The summed E-state index contributed by atoms with van der Waals surface area (Å²) < 4.78 is 20.6. The van der Waals surface area contributed by atoms with Crippen LogP contribution in [0.4, 0.5) is 10.1 Å². The molecule has 27 heavy (non-hydrogen) atoms. The molecule has 1 amide bonds. The van der Waals surface area contributed by atoms with Crippen LogP contribution in [-0.4, -0.2) is 22.5 Å².